The standard InChI is InChI=1S/C17H25N3O5S/c21-16(18-7-4-8-20-9-11-25-12-10-20)13-26(23,24)14-17(22)19-15-5-2-1-3-6-15/h1-3,5-6H,4,7-14H2,(H,18,21)(H,19,22). The van der Waals surface area contributed by atoms with Gasteiger partial charge in [-0.05, 0) is 25.1 Å². The minimum Gasteiger partial charge on any atom is -0.379 e. The fourth-order valence-electron chi connectivity index (χ4n) is 2.58. The van der Waals surface area contributed by atoms with Crippen LogP contribution < -0.4 is 10.6 Å². The zero-order chi connectivity index (χ0) is 18.8. The zero-order valence-electron chi connectivity index (χ0n) is 14.6. The lowest BCUT2D eigenvalue weighted by molar-refractivity contribution is -0.118. The van der Waals surface area contributed by atoms with Gasteiger partial charge in [-0.2, -0.15) is 0 Å². The Bertz CT molecular complexity index is 688. The summed E-state index contributed by atoms with van der Waals surface area (Å²) in [6.45, 7) is 4.42. The van der Waals surface area contributed by atoms with Crippen molar-refractivity contribution in [2.45, 2.75) is 6.42 Å². The molecular formula is C17H25N3O5S. The number of para-hydroxylation sites is 1. The van der Waals surface area contributed by atoms with E-state index >= 15 is 0 Å². The molecule has 1 fully saturated rings. The number of nitrogens with zero attached hydrogens (tertiary/aromatic N) is 1. The van der Waals surface area contributed by atoms with E-state index in [9.17, 15) is 18.0 Å². The summed E-state index contributed by atoms with van der Waals surface area (Å²) in [6.07, 6.45) is 0.736. The molecule has 0 unspecified atom stereocenters. The maximum absolute atomic E-state index is 12.0. The molecule has 0 aromatic heterocycles. The van der Waals surface area contributed by atoms with E-state index in [-0.39, 0.29) is 0 Å². The van der Waals surface area contributed by atoms with E-state index in [0.717, 1.165) is 39.3 Å². The summed E-state index contributed by atoms with van der Waals surface area (Å²) in [5.74, 6) is -2.65. The zero-order valence-corrected chi connectivity index (χ0v) is 15.5. The highest BCUT2D eigenvalue weighted by Crippen LogP contribution is 2.05. The number of anilines is 1. The van der Waals surface area contributed by atoms with Gasteiger partial charge in [-0.1, -0.05) is 18.2 Å². The Morgan fingerprint density at radius 2 is 1.69 bits per heavy atom. The van der Waals surface area contributed by atoms with Crippen molar-refractivity contribution in [2.24, 2.45) is 0 Å². The van der Waals surface area contributed by atoms with Crippen molar-refractivity contribution in [1.82, 2.24) is 10.2 Å². The van der Waals surface area contributed by atoms with Crippen LogP contribution in [0.5, 0.6) is 0 Å². The van der Waals surface area contributed by atoms with E-state index < -0.39 is 33.2 Å². The predicted octanol–water partition coefficient (Wildman–Crippen LogP) is -0.122. The third-order valence-electron chi connectivity index (χ3n) is 3.84. The van der Waals surface area contributed by atoms with Gasteiger partial charge in [0.15, 0.2) is 9.84 Å². The molecule has 0 bridgehead atoms. The number of hydrogen-bond donors (Lipinski definition) is 2. The minimum atomic E-state index is -3.81. The van der Waals surface area contributed by atoms with E-state index in [4.69, 9.17) is 4.74 Å². The van der Waals surface area contributed by atoms with Crippen LogP contribution in [-0.4, -0.2) is 76.0 Å². The van der Waals surface area contributed by atoms with E-state index in [1.165, 1.54) is 0 Å². The highest BCUT2D eigenvalue weighted by atomic mass is 32.2. The van der Waals surface area contributed by atoms with Gasteiger partial charge in [0.05, 0.1) is 13.2 Å². The van der Waals surface area contributed by atoms with Gasteiger partial charge in [0.1, 0.15) is 11.5 Å². The summed E-state index contributed by atoms with van der Waals surface area (Å²) in [5.41, 5.74) is 0.514. The highest BCUT2D eigenvalue weighted by molar-refractivity contribution is 7.92. The van der Waals surface area contributed by atoms with E-state index in [0.29, 0.717) is 12.2 Å². The van der Waals surface area contributed by atoms with Crippen LogP contribution in [0.2, 0.25) is 0 Å². The molecular weight excluding hydrogens is 358 g/mol. The van der Waals surface area contributed by atoms with Gasteiger partial charge in [0.2, 0.25) is 11.8 Å². The summed E-state index contributed by atoms with van der Waals surface area (Å²) in [4.78, 5) is 25.8. The molecule has 0 spiro atoms. The average molecular weight is 383 g/mol. The van der Waals surface area contributed by atoms with E-state index in [1.54, 1.807) is 30.3 Å². The highest BCUT2D eigenvalue weighted by Gasteiger charge is 2.20. The molecule has 1 heterocycles. The molecule has 0 saturated carbocycles. The SMILES string of the molecule is O=C(CS(=O)(=O)CC(=O)Nc1ccccc1)NCCCN1CCOCC1. The van der Waals surface area contributed by atoms with Crippen molar-refractivity contribution >= 4 is 27.3 Å². The number of amides is 2. The molecule has 26 heavy (non-hydrogen) atoms. The first kappa shape index (κ1) is 20.3. The van der Waals surface area contributed by atoms with Crippen LogP contribution in [0.4, 0.5) is 5.69 Å². The lowest BCUT2D eigenvalue weighted by Gasteiger charge is -2.26. The lowest BCUT2D eigenvalue weighted by atomic mass is 10.3. The number of ether oxygens (including phenoxy) is 1. The number of nitrogens with one attached hydrogen (secondary N) is 2. The second-order valence-electron chi connectivity index (χ2n) is 6.10. The Kier molecular flexibility index (Phi) is 8.02. The van der Waals surface area contributed by atoms with Gasteiger partial charge in [-0.25, -0.2) is 8.42 Å². The van der Waals surface area contributed by atoms with E-state index in [1.807, 2.05) is 0 Å². The number of sulfone groups is 1. The second kappa shape index (κ2) is 10.2. The summed E-state index contributed by atoms with van der Waals surface area (Å²) in [5, 5.41) is 5.09. The molecule has 2 amide bonds. The monoisotopic (exact) mass is 383 g/mol. The van der Waals surface area contributed by atoms with Crippen molar-refractivity contribution in [3.63, 3.8) is 0 Å². The molecule has 1 aliphatic rings. The smallest absolute Gasteiger partial charge is 0.239 e. The molecule has 2 N–H and O–H groups in total. The number of hydrogen-bond acceptors (Lipinski definition) is 6. The Balaban J connectivity index is 1.65. The van der Waals surface area contributed by atoms with Crippen LogP contribution >= 0.6 is 0 Å². The average Bonchev–Trinajstić information content (AvgIpc) is 2.59. The van der Waals surface area contributed by atoms with Gasteiger partial charge in [-0.3, -0.25) is 14.5 Å². The number of morpholine rings is 1. The largest absolute Gasteiger partial charge is 0.379 e. The number of benzene rings is 1. The first-order valence-electron chi connectivity index (χ1n) is 8.57. The molecule has 144 valence electrons. The third-order valence-corrected chi connectivity index (χ3v) is 5.24. The molecule has 1 aromatic carbocycles. The first-order chi connectivity index (χ1) is 12.4. The maximum atomic E-state index is 12.0. The van der Waals surface area contributed by atoms with Gasteiger partial charge in [0.25, 0.3) is 0 Å². The summed E-state index contributed by atoms with van der Waals surface area (Å²) >= 11 is 0. The van der Waals surface area contributed by atoms with Crippen LogP contribution in [0.25, 0.3) is 0 Å². The van der Waals surface area contributed by atoms with Crippen LogP contribution in [0, 0.1) is 0 Å². The fourth-order valence-corrected chi connectivity index (χ4v) is 3.65. The Labute approximate surface area is 153 Å². The van der Waals surface area contributed by atoms with Gasteiger partial charge in [-0.15, -0.1) is 0 Å². The first-order valence-corrected chi connectivity index (χ1v) is 10.4. The second-order valence-corrected chi connectivity index (χ2v) is 8.17. The van der Waals surface area contributed by atoms with Crippen molar-refractivity contribution in [1.29, 1.82) is 0 Å². The Morgan fingerprint density at radius 3 is 2.38 bits per heavy atom. The number of rotatable bonds is 9. The van der Waals surface area contributed by atoms with Crippen molar-refractivity contribution < 1.29 is 22.7 Å². The van der Waals surface area contributed by atoms with Gasteiger partial charge >= 0.3 is 0 Å². The molecule has 0 radical (unpaired) electrons. The molecule has 8 nitrogen and oxygen atoms in total. The van der Waals surface area contributed by atoms with Crippen molar-refractivity contribution in [2.75, 3.05) is 56.2 Å². The fraction of sp³-hybridized carbons (Fsp3) is 0.529. The Morgan fingerprint density at radius 1 is 1.04 bits per heavy atom. The third kappa shape index (κ3) is 7.94. The molecule has 0 atom stereocenters. The lowest BCUT2D eigenvalue weighted by Crippen LogP contribution is -2.39. The molecule has 1 saturated heterocycles. The van der Waals surface area contributed by atoms with Crippen LogP contribution in [0.3, 0.4) is 0 Å². The minimum absolute atomic E-state index is 0.405. The van der Waals surface area contributed by atoms with Crippen molar-refractivity contribution in [3.8, 4) is 0 Å². The number of carbonyl (C=O) groups is 2. The van der Waals surface area contributed by atoms with E-state index in [2.05, 4.69) is 15.5 Å². The summed E-state index contributed by atoms with van der Waals surface area (Å²) < 4.78 is 29.2. The molecule has 9 heteroatoms. The Hall–Kier alpha value is -1.97. The van der Waals surface area contributed by atoms with Crippen LogP contribution in [-0.2, 0) is 24.2 Å². The van der Waals surface area contributed by atoms with Crippen molar-refractivity contribution in [3.05, 3.63) is 30.3 Å². The summed E-state index contributed by atoms with van der Waals surface area (Å²) in [6, 6.07) is 8.57. The maximum Gasteiger partial charge on any atom is 0.239 e. The molecule has 1 aliphatic heterocycles. The van der Waals surface area contributed by atoms with Gasteiger partial charge in [0, 0.05) is 25.3 Å². The number of carbonyl (C=O) groups excluding carboxylic acids is 2. The normalized spacial score (nSPS) is 15.4. The van der Waals surface area contributed by atoms with Crippen LogP contribution in [0.15, 0.2) is 30.3 Å². The summed E-state index contributed by atoms with van der Waals surface area (Å²) in [7, 11) is -3.81. The topological polar surface area (TPSA) is 105 Å². The van der Waals surface area contributed by atoms with Gasteiger partial charge < -0.3 is 15.4 Å². The molecule has 2 rings (SSSR count). The van der Waals surface area contributed by atoms with Crippen LogP contribution in [0.1, 0.15) is 6.42 Å². The predicted molar refractivity (Wildman–Crippen MR) is 98.6 cm³/mol. The molecule has 0 aliphatic carbocycles. The molecule has 1 aromatic rings. The quantitative estimate of drug-likeness (QED) is 0.576.